The Kier molecular flexibility index (Phi) is 1.56. The van der Waals surface area contributed by atoms with E-state index < -0.39 is 5.60 Å². The van der Waals surface area contributed by atoms with E-state index in [1.165, 1.54) is 0 Å². The third-order valence-corrected chi connectivity index (χ3v) is 2.50. The standard InChI is InChI=1S/C8H11NO3/c10-6-2-4-8(12-6)3-1-5-9-7(8)11/h1-5H2,(H,9,11)/t8-/m0/s1. The summed E-state index contributed by atoms with van der Waals surface area (Å²) in [6, 6.07) is 0. The molecular formula is C8H11NO3. The van der Waals surface area contributed by atoms with Gasteiger partial charge in [-0.05, 0) is 12.8 Å². The number of rotatable bonds is 0. The summed E-state index contributed by atoms with van der Waals surface area (Å²) in [4.78, 5) is 22.2. The van der Waals surface area contributed by atoms with E-state index in [0.29, 0.717) is 25.8 Å². The predicted octanol–water partition coefficient (Wildman–Crippen LogP) is -0.0278. The van der Waals surface area contributed by atoms with Crippen LogP contribution in [0.15, 0.2) is 0 Å². The van der Waals surface area contributed by atoms with Crippen molar-refractivity contribution in [2.75, 3.05) is 6.54 Å². The molecule has 0 aromatic heterocycles. The number of ether oxygens (including phenoxy) is 1. The summed E-state index contributed by atoms with van der Waals surface area (Å²) in [5.74, 6) is -0.355. The number of nitrogens with one attached hydrogen (secondary N) is 1. The molecule has 2 aliphatic rings. The van der Waals surface area contributed by atoms with Gasteiger partial charge in [0.1, 0.15) is 0 Å². The van der Waals surface area contributed by atoms with Gasteiger partial charge in [0.15, 0.2) is 5.60 Å². The van der Waals surface area contributed by atoms with Crippen LogP contribution in [0.5, 0.6) is 0 Å². The normalized spacial score (nSPS) is 35.0. The van der Waals surface area contributed by atoms with Crippen molar-refractivity contribution < 1.29 is 14.3 Å². The molecule has 2 saturated heterocycles. The van der Waals surface area contributed by atoms with Gasteiger partial charge in [-0.3, -0.25) is 9.59 Å². The molecular weight excluding hydrogens is 158 g/mol. The highest BCUT2D eigenvalue weighted by molar-refractivity contribution is 5.91. The average molecular weight is 169 g/mol. The van der Waals surface area contributed by atoms with Crippen molar-refractivity contribution in [1.82, 2.24) is 5.32 Å². The molecule has 2 aliphatic heterocycles. The maximum atomic E-state index is 11.4. The van der Waals surface area contributed by atoms with Gasteiger partial charge in [-0.15, -0.1) is 0 Å². The Balaban J connectivity index is 2.18. The lowest BCUT2D eigenvalue weighted by Gasteiger charge is -2.30. The Morgan fingerprint density at radius 1 is 1.33 bits per heavy atom. The van der Waals surface area contributed by atoms with Gasteiger partial charge in [0.2, 0.25) is 0 Å². The Morgan fingerprint density at radius 3 is 2.75 bits per heavy atom. The second-order valence-corrected chi connectivity index (χ2v) is 3.33. The quantitative estimate of drug-likeness (QED) is 0.518. The van der Waals surface area contributed by atoms with Crippen LogP contribution in [-0.2, 0) is 14.3 Å². The van der Waals surface area contributed by atoms with Gasteiger partial charge in [0.05, 0.1) is 0 Å². The van der Waals surface area contributed by atoms with Crippen molar-refractivity contribution in [3.8, 4) is 0 Å². The molecule has 2 heterocycles. The first kappa shape index (κ1) is 7.58. The van der Waals surface area contributed by atoms with Gasteiger partial charge in [-0.2, -0.15) is 0 Å². The van der Waals surface area contributed by atoms with Crippen molar-refractivity contribution >= 4 is 11.9 Å². The molecule has 0 saturated carbocycles. The third kappa shape index (κ3) is 0.983. The van der Waals surface area contributed by atoms with E-state index in [4.69, 9.17) is 4.74 Å². The SMILES string of the molecule is O=C1CC[C@]2(CCCNC2=O)O1. The van der Waals surface area contributed by atoms with Crippen LogP contribution in [0.3, 0.4) is 0 Å². The summed E-state index contributed by atoms with van der Waals surface area (Å²) >= 11 is 0. The molecule has 0 aromatic carbocycles. The Labute approximate surface area is 70.3 Å². The first-order valence-electron chi connectivity index (χ1n) is 4.23. The highest BCUT2D eigenvalue weighted by Gasteiger charge is 2.48. The molecule has 2 rings (SSSR count). The van der Waals surface area contributed by atoms with E-state index in [1.807, 2.05) is 0 Å². The topological polar surface area (TPSA) is 55.4 Å². The lowest BCUT2D eigenvalue weighted by molar-refractivity contribution is -0.161. The molecule has 2 fully saturated rings. The summed E-state index contributed by atoms with van der Waals surface area (Å²) < 4.78 is 5.05. The molecule has 12 heavy (non-hydrogen) atoms. The molecule has 0 aromatic rings. The minimum Gasteiger partial charge on any atom is -0.449 e. The summed E-state index contributed by atoms with van der Waals surface area (Å²) in [5.41, 5.74) is -0.796. The first-order valence-corrected chi connectivity index (χ1v) is 4.23. The first-order chi connectivity index (χ1) is 5.73. The molecule has 1 atom stereocenters. The van der Waals surface area contributed by atoms with Crippen LogP contribution in [0.25, 0.3) is 0 Å². The van der Waals surface area contributed by atoms with Crippen LogP contribution in [0, 0.1) is 0 Å². The fourth-order valence-corrected chi connectivity index (χ4v) is 1.81. The molecule has 1 amide bonds. The fraction of sp³-hybridized carbons (Fsp3) is 0.750. The molecule has 0 aliphatic carbocycles. The number of piperidine rings is 1. The molecule has 4 nitrogen and oxygen atoms in total. The number of hydrogen-bond donors (Lipinski definition) is 1. The van der Waals surface area contributed by atoms with Gasteiger partial charge in [0.25, 0.3) is 5.91 Å². The lowest BCUT2D eigenvalue weighted by atomic mass is 9.90. The molecule has 0 radical (unpaired) electrons. The van der Waals surface area contributed by atoms with E-state index in [2.05, 4.69) is 5.32 Å². The summed E-state index contributed by atoms with van der Waals surface area (Å²) in [7, 11) is 0. The Hall–Kier alpha value is -1.06. The zero-order valence-corrected chi connectivity index (χ0v) is 6.76. The molecule has 4 heteroatoms. The van der Waals surface area contributed by atoms with Crippen molar-refractivity contribution in [3.05, 3.63) is 0 Å². The molecule has 1 spiro atoms. The lowest BCUT2D eigenvalue weighted by Crippen LogP contribution is -2.50. The van der Waals surface area contributed by atoms with Gasteiger partial charge in [-0.25, -0.2) is 0 Å². The maximum Gasteiger partial charge on any atom is 0.307 e. The number of esters is 1. The van der Waals surface area contributed by atoms with Crippen LogP contribution in [-0.4, -0.2) is 24.0 Å². The van der Waals surface area contributed by atoms with E-state index in [0.717, 1.165) is 6.42 Å². The van der Waals surface area contributed by atoms with Crippen molar-refractivity contribution in [3.63, 3.8) is 0 Å². The Morgan fingerprint density at radius 2 is 2.17 bits per heavy atom. The fourth-order valence-electron chi connectivity index (χ4n) is 1.81. The monoisotopic (exact) mass is 169 g/mol. The molecule has 66 valence electrons. The molecule has 0 bridgehead atoms. The second kappa shape index (κ2) is 2.47. The highest BCUT2D eigenvalue weighted by Crippen LogP contribution is 2.33. The second-order valence-electron chi connectivity index (χ2n) is 3.33. The molecule has 1 N–H and O–H groups in total. The summed E-state index contributed by atoms with van der Waals surface area (Å²) in [5, 5.41) is 2.72. The molecule has 0 unspecified atom stereocenters. The van der Waals surface area contributed by atoms with Gasteiger partial charge < -0.3 is 10.1 Å². The summed E-state index contributed by atoms with van der Waals surface area (Å²) in [6.45, 7) is 0.706. The zero-order chi connectivity index (χ0) is 8.60. The maximum absolute atomic E-state index is 11.4. The van der Waals surface area contributed by atoms with Gasteiger partial charge in [0, 0.05) is 19.4 Å². The summed E-state index contributed by atoms with van der Waals surface area (Å²) in [6.07, 6.45) is 2.52. The number of hydrogen-bond acceptors (Lipinski definition) is 3. The third-order valence-electron chi connectivity index (χ3n) is 2.50. The van der Waals surface area contributed by atoms with E-state index >= 15 is 0 Å². The van der Waals surface area contributed by atoms with Crippen LogP contribution in [0.4, 0.5) is 0 Å². The van der Waals surface area contributed by atoms with Crippen molar-refractivity contribution in [1.29, 1.82) is 0 Å². The van der Waals surface area contributed by atoms with Crippen LogP contribution in [0.2, 0.25) is 0 Å². The highest BCUT2D eigenvalue weighted by atomic mass is 16.6. The van der Waals surface area contributed by atoms with Crippen molar-refractivity contribution in [2.45, 2.75) is 31.3 Å². The van der Waals surface area contributed by atoms with Crippen molar-refractivity contribution in [2.24, 2.45) is 0 Å². The van der Waals surface area contributed by atoms with E-state index in [9.17, 15) is 9.59 Å². The van der Waals surface area contributed by atoms with Gasteiger partial charge in [-0.1, -0.05) is 0 Å². The van der Waals surface area contributed by atoms with Crippen LogP contribution < -0.4 is 5.32 Å². The van der Waals surface area contributed by atoms with E-state index in [-0.39, 0.29) is 11.9 Å². The van der Waals surface area contributed by atoms with Gasteiger partial charge >= 0.3 is 5.97 Å². The van der Waals surface area contributed by atoms with Crippen LogP contribution >= 0.6 is 0 Å². The predicted molar refractivity (Wildman–Crippen MR) is 40.3 cm³/mol. The number of carbonyl (C=O) groups excluding carboxylic acids is 2. The average Bonchev–Trinajstić information content (AvgIpc) is 2.41. The number of amides is 1. The minimum atomic E-state index is -0.796. The minimum absolute atomic E-state index is 0.111. The van der Waals surface area contributed by atoms with E-state index in [1.54, 1.807) is 0 Å². The Bertz CT molecular complexity index is 238. The smallest absolute Gasteiger partial charge is 0.307 e. The largest absolute Gasteiger partial charge is 0.449 e. The number of carbonyl (C=O) groups is 2. The zero-order valence-electron chi connectivity index (χ0n) is 6.76. The van der Waals surface area contributed by atoms with Crippen LogP contribution in [0.1, 0.15) is 25.7 Å².